The molecule has 0 radical (unpaired) electrons. The zero-order valence-electron chi connectivity index (χ0n) is 17.5. The molecule has 3 heterocycles. The van der Waals surface area contributed by atoms with E-state index >= 15 is 0 Å². The van der Waals surface area contributed by atoms with Gasteiger partial charge >= 0.3 is 12.0 Å². The minimum atomic E-state index is -0.431. The molecule has 2 amide bonds. The number of hydrogen-bond acceptors (Lipinski definition) is 6. The van der Waals surface area contributed by atoms with E-state index < -0.39 is 5.97 Å². The maximum absolute atomic E-state index is 12.3. The number of pyridine rings is 2. The third-order valence-corrected chi connectivity index (χ3v) is 5.28. The van der Waals surface area contributed by atoms with Gasteiger partial charge in [-0.05, 0) is 36.8 Å². The molecule has 1 N–H and O–H groups in total. The van der Waals surface area contributed by atoms with Crippen LogP contribution in [-0.4, -0.2) is 66.2 Å². The molecule has 1 fully saturated rings. The van der Waals surface area contributed by atoms with Gasteiger partial charge in [-0.15, -0.1) is 0 Å². The summed E-state index contributed by atoms with van der Waals surface area (Å²) < 4.78 is 4.84. The van der Waals surface area contributed by atoms with E-state index in [1.165, 1.54) is 0 Å². The monoisotopic (exact) mass is 419 g/mol. The van der Waals surface area contributed by atoms with Crippen LogP contribution in [0, 0.1) is 0 Å². The van der Waals surface area contributed by atoms with Crippen molar-refractivity contribution in [3.05, 3.63) is 54.9 Å². The topological polar surface area (TPSA) is 87.7 Å². The number of para-hydroxylation sites is 1. The molecule has 31 heavy (non-hydrogen) atoms. The highest BCUT2D eigenvalue weighted by Crippen LogP contribution is 2.29. The van der Waals surface area contributed by atoms with Crippen molar-refractivity contribution < 1.29 is 14.3 Å². The van der Waals surface area contributed by atoms with E-state index in [2.05, 4.69) is 33.4 Å². The lowest BCUT2D eigenvalue weighted by atomic mass is 10.0. The highest BCUT2D eigenvalue weighted by atomic mass is 16.5. The fraction of sp³-hybridized carbons (Fsp3) is 0.304. The van der Waals surface area contributed by atoms with Gasteiger partial charge in [0.05, 0.1) is 12.1 Å². The van der Waals surface area contributed by atoms with E-state index in [1.807, 2.05) is 24.3 Å². The van der Waals surface area contributed by atoms with Crippen molar-refractivity contribution in [1.82, 2.24) is 20.2 Å². The lowest BCUT2D eigenvalue weighted by molar-refractivity contribution is -0.141. The maximum atomic E-state index is 12.3. The zero-order chi connectivity index (χ0) is 21.6. The van der Waals surface area contributed by atoms with Gasteiger partial charge in [0.15, 0.2) is 0 Å². The number of benzene rings is 1. The number of nitrogens with zero attached hydrogens (tertiary/aromatic N) is 4. The Balaban J connectivity index is 1.45. The van der Waals surface area contributed by atoms with Crippen LogP contribution in [0.5, 0.6) is 0 Å². The molecular weight excluding hydrogens is 394 g/mol. The summed E-state index contributed by atoms with van der Waals surface area (Å²) in [6, 6.07) is 14.0. The van der Waals surface area contributed by atoms with E-state index in [-0.39, 0.29) is 12.6 Å². The van der Waals surface area contributed by atoms with Crippen LogP contribution in [0.25, 0.3) is 22.0 Å². The van der Waals surface area contributed by atoms with E-state index in [0.717, 1.165) is 27.8 Å². The second-order valence-corrected chi connectivity index (χ2v) is 7.22. The summed E-state index contributed by atoms with van der Waals surface area (Å²) in [6.45, 7) is 4.37. The predicted octanol–water partition coefficient (Wildman–Crippen LogP) is 2.69. The van der Waals surface area contributed by atoms with Gasteiger partial charge in [0.1, 0.15) is 12.4 Å². The number of rotatable bonds is 5. The predicted molar refractivity (Wildman–Crippen MR) is 119 cm³/mol. The molecule has 8 heteroatoms. The number of amides is 2. The first-order chi connectivity index (χ1) is 15.2. The Hall–Kier alpha value is -3.68. The first-order valence-corrected chi connectivity index (χ1v) is 10.4. The first kappa shape index (κ1) is 20.6. The summed E-state index contributed by atoms with van der Waals surface area (Å²) in [5.41, 5.74) is 3.09. The summed E-state index contributed by atoms with van der Waals surface area (Å²) >= 11 is 0. The first-order valence-electron chi connectivity index (χ1n) is 10.4. The average molecular weight is 419 g/mol. The Kier molecular flexibility index (Phi) is 6.26. The maximum Gasteiger partial charge on any atom is 0.325 e. The minimum absolute atomic E-state index is 0.114. The van der Waals surface area contributed by atoms with Crippen LogP contribution in [0.2, 0.25) is 0 Å². The van der Waals surface area contributed by atoms with E-state index in [9.17, 15) is 9.59 Å². The number of ether oxygens (including phenoxy) is 1. The number of hydrogen-bond donors (Lipinski definition) is 1. The molecule has 1 saturated heterocycles. The Morgan fingerprint density at radius 1 is 1.03 bits per heavy atom. The Labute approximate surface area is 180 Å². The van der Waals surface area contributed by atoms with Gasteiger partial charge in [-0.1, -0.05) is 18.2 Å². The van der Waals surface area contributed by atoms with Gasteiger partial charge in [0.2, 0.25) is 0 Å². The van der Waals surface area contributed by atoms with E-state index in [4.69, 9.17) is 9.72 Å². The third-order valence-electron chi connectivity index (χ3n) is 5.28. The van der Waals surface area contributed by atoms with Gasteiger partial charge in [-0.25, -0.2) is 9.78 Å². The zero-order valence-corrected chi connectivity index (χ0v) is 17.5. The van der Waals surface area contributed by atoms with Crippen molar-refractivity contribution in [2.24, 2.45) is 0 Å². The van der Waals surface area contributed by atoms with Gasteiger partial charge in [-0.3, -0.25) is 9.78 Å². The lowest BCUT2D eigenvalue weighted by Gasteiger charge is -2.35. The Morgan fingerprint density at radius 2 is 1.81 bits per heavy atom. The average Bonchev–Trinajstić information content (AvgIpc) is 2.82. The summed E-state index contributed by atoms with van der Waals surface area (Å²) in [5, 5.41) is 3.69. The van der Waals surface area contributed by atoms with Crippen LogP contribution in [-0.2, 0) is 9.53 Å². The molecule has 0 aliphatic carbocycles. The number of anilines is 1. The van der Waals surface area contributed by atoms with Gasteiger partial charge < -0.3 is 19.9 Å². The second kappa shape index (κ2) is 9.42. The Morgan fingerprint density at radius 3 is 2.55 bits per heavy atom. The molecule has 1 aromatic carbocycles. The molecule has 8 nitrogen and oxygen atoms in total. The standard InChI is InChI=1S/C23H25N5O3/c1-2-31-21(29)16-25-23(30)28-14-12-27(13-15-28)20-7-6-18-4-3-5-19(22(18)26-20)17-8-10-24-11-9-17/h3-11H,2,12-16H2,1H3,(H,25,30). The molecule has 0 unspecified atom stereocenters. The fourth-order valence-corrected chi connectivity index (χ4v) is 3.69. The number of nitrogens with one attached hydrogen (secondary N) is 1. The SMILES string of the molecule is CCOC(=O)CNC(=O)N1CCN(c2ccc3cccc(-c4ccncc4)c3n2)CC1. The molecule has 3 aromatic rings. The molecule has 2 aromatic heterocycles. The van der Waals surface area contributed by atoms with Crippen molar-refractivity contribution in [2.75, 3.05) is 44.2 Å². The number of fused-ring (bicyclic) bond motifs is 1. The largest absolute Gasteiger partial charge is 0.465 e. The van der Waals surface area contributed by atoms with Crippen LogP contribution in [0.3, 0.4) is 0 Å². The number of aromatic nitrogens is 2. The molecule has 4 rings (SSSR count). The lowest BCUT2D eigenvalue weighted by Crippen LogP contribution is -2.52. The van der Waals surface area contributed by atoms with Gasteiger partial charge in [0.25, 0.3) is 0 Å². The molecule has 0 bridgehead atoms. The molecule has 160 valence electrons. The second-order valence-electron chi connectivity index (χ2n) is 7.22. The number of carbonyl (C=O) groups is 2. The summed E-state index contributed by atoms with van der Waals surface area (Å²) in [4.78, 5) is 36.7. The molecule has 0 saturated carbocycles. The van der Waals surface area contributed by atoms with Crippen molar-refractivity contribution in [3.8, 4) is 11.1 Å². The van der Waals surface area contributed by atoms with Crippen LogP contribution in [0.1, 0.15) is 6.92 Å². The summed E-state index contributed by atoms with van der Waals surface area (Å²) in [6.07, 6.45) is 3.56. The molecule has 0 atom stereocenters. The molecule has 1 aliphatic heterocycles. The number of esters is 1. The summed E-state index contributed by atoms with van der Waals surface area (Å²) in [7, 11) is 0. The molecular formula is C23H25N5O3. The van der Waals surface area contributed by atoms with Gasteiger partial charge in [0, 0.05) is 49.5 Å². The van der Waals surface area contributed by atoms with Crippen molar-refractivity contribution >= 4 is 28.7 Å². The highest BCUT2D eigenvalue weighted by molar-refractivity contribution is 5.94. The number of urea groups is 1. The van der Waals surface area contributed by atoms with Gasteiger partial charge in [-0.2, -0.15) is 0 Å². The van der Waals surface area contributed by atoms with Crippen LogP contribution < -0.4 is 10.2 Å². The van der Waals surface area contributed by atoms with Crippen molar-refractivity contribution in [2.45, 2.75) is 6.92 Å². The molecule has 0 spiro atoms. The van der Waals surface area contributed by atoms with Crippen LogP contribution in [0.4, 0.5) is 10.6 Å². The smallest absolute Gasteiger partial charge is 0.325 e. The van der Waals surface area contributed by atoms with Crippen molar-refractivity contribution in [3.63, 3.8) is 0 Å². The minimum Gasteiger partial charge on any atom is -0.465 e. The third kappa shape index (κ3) is 4.74. The van der Waals surface area contributed by atoms with Crippen LogP contribution >= 0.6 is 0 Å². The number of carbonyl (C=O) groups excluding carboxylic acids is 2. The summed E-state index contributed by atoms with van der Waals surface area (Å²) in [5.74, 6) is 0.459. The quantitative estimate of drug-likeness (QED) is 0.640. The normalized spacial score (nSPS) is 13.8. The Bertz CT molecular complexity index is 1070. The molecule has 1 aliphatic rings. The number of piperazine rings is 1. The fourth-order valence-electron chi connectivity index (χ4n) is 3.69. The van der Waals surface area contributed by atoms with Crippen molar-refractivity contribution in [1.29, 1.82) is 0 Å². The van der Waals surface area contributed by atoms with E-state index in [1.54, 1.807) is 24.2 Å². The van der Waals surface area contributed by atoms with Crippen LogP contribution in [0.15, 0.2) is 54.9 Å². The van der Waals surface area contributed by atoms with E-state index in [0.29, 0.717) is 32.8 Å². The highest BCUT2D eigenvalue weighted by Gasteiger charge is 2.22.